The number of hydrogen-bond acceptors (Lipinski definition) is 4. The first-order valence-electron chi connectivity index (χ1n) is 6.77. The van der Waals surface area contributed by atoms with Crippen molar-refractivity contribution in [3.63, 3.8) is 0 Å². The molecule has 1 saturated heterocycles. The summed E-state index contributed by atoms with van der Waals surface area (Å²) in [4.78, 5) is 27.4. The molecule has 2 aliphatic heterocycles. The number of carbonyl (C=O) groups excluding carboxylic acids is 1. The minimum absolute atomic E-state index is 0.160. The van der Waals surface area contributed by atoms with Crippen molar-refractivity contribution in [3.05, 3.63) is 21.4 Å². The monoisotopic (exact) mass is 295 g/mol. The van der Waals surface area contributed by atoms with E-state index in [9.17, 15) is 14.7 Å². The van der Waals surface area contributed by atoms with Crippen LogP contribution in [0, 0.1) is 0 Å². The van der Waals surface area contributed by atoms with Crippen LogP contribution in [0.3, 0.4) is 0 Å². The largest absolute Gasteiger partial charge is 0.480 e. The quantitative estimate of drug-likeness (QED) is 0.905. The standard InChI is InChI=1S/C14H17NO4S/c1-14(13(17)18)4-2-5-15(14)12(16)11-7-9-8-19-6-3-10(9)20-11/h7H,2-6,8H2,1H3,(H,17,18). The first-order chi connectivity index (χ1) is 9.52. The van der Waals surface area contributed by atoms with Crippen LogP contribution in [0.15, 0.2) is 6.07 Å². The van der Waals surface area contributed by atoms with Crippen LogP contribution < -0.4 is 0 Å². The predicted octanol–water partition coefficient (Wildman–Crippen LogP) is 1.90. The highest BCUT2D eigenvalue weighted by Crippen LogP contribution is 2.34. The van der Waals surface area contributed by atoms with Crippen LogP contribution in [0.2, 0.25) is 0 Å². The number of aliphatic carboxylic acids is 1. The molecule has 108 valence electrons. The molecule has 1 unspecified atom stereocenters. The van der Waals surface area contributed by atoms with Gasteiger partial charge in [-0.3, -0.25) is 4.79 Å². The molecule has 20 heavy (non-hydrogen) atoms. The smallest absolute Gasteiger partial charge is 0.329 e. The Hall–Kier alpha value is -1.40. The average Bonchev–Trinajstić information content (AvgIpc) is 3.02. The summed E-state index contributed by atoms with van der Waals surface area (Å²) in [5.41, 5.74) is -0.00114. The van der Waals surface area contributed by atoms with E-state index in [1.165, 1.54) is 21.1 Å². The minimum atomic E-state index is -1.07. The van der Waals surface area contributed by atoms with Gasteiger partial charge in [0.1, 0.15) is 5.54 Å². The molecule has 0 bridgehead atoms. The molecule has 1 aromatic heterocycles. The van der Waals surface area contributed by atoms with E-state index in [4.69, 9.17) is 4.74 Å². The summed E-state index contributed by atoms with van der Waals surface area (Å²) in [5, 5.41) is 9.39. The first-order valence-corrected chi connectivity index (χ1v) is 7.59. The van der Waals surface area contributed by atoms with E-state index in [0.717, 1.165) is 18.4 Å². The van der Waals surface area contributed by atoms with Crippen molar-refractivity contribution in [3.8, 4) is 0 Å². The van der Waals surface area contributed by atoms with Crippen molar-refractivity contribution >= 4 is 23.2 Å². The molecular formula is C14H17NO4S. The SMILES string of the molecule is CC1(C(=O)O)CCCN1C(=O)c1cc2c(s1)CCOC2. The van der Waals surface area contributed by atoms with Gasteiger partial charge in [-0.05, 0) is 31.4 Å². The van der Waals surface area contributed by atoms with Gasteiger partial charge in [0.25, 0.3) is 5.91 Å². The third-order valence-electron chi connectivity index (χ3n) is 4.19. The summed E-state index contributed by atoms with van der Waals surface area (Å²) >= 11 is 1.48. The van der Waals surface area contributed by atoms with Crippen LogP contribution in [0.25, 0.3) is 0 Å². The average molecular weight is 295 g/mol. The van der Waals surface area contributed by atoms with E-state index < -0.39 is 11.5 Å². The van der Waals surface area contributed by atoms with Gasteiger partial charge in [-0.25, -0.2) is 4.79 Å². The van der Waals surface area contributed by atoms with Gasteiger partial charge in [0, 0.05) is 17.8 Å². The molecule has 2 aliphatic rings. The molecule has 1 aromatic rings. The molecule has 5 nitrogen and oxygen atoms in total. The van der Waals surface area contributed by atoms with Crippen molar-refractivity contribution < 1.29 is 19.4 Å². The van der Waals surface area contributed by atoms with Crippen molar-refractivity contribution in [2.75, 3.05) is 13.2 Å². The zero-order valence-corrected chi connectivity index (χ0v) is 12.2. The molecule has 0 aliphatic carbocycles. The Bertz CT molecular complexity index is 544. The summed E-state index contributed by atoms with van der Waals surface area (Å²) < 4.78 is 5.38. The number of fused-ring (bicyclic) bond motifs is 1. The second-order valence-corrected chi connectivity index (χ2v) is 6.64. The summed E-state index contributed by atoms with van der Waals surface area (Å²) in [6.07, 6.45) is 2.09. The van der Waals surface area contributed by atoms with Gasteiger partial charge in [0.2, 0.25) is 0 Å². The van der Waals surface area contributed by atoms with Crippen molar-refractivity contribution in [1.82, 2.24) is 4.90 Å². The van der Waals surface area contributed by atoms with Crippen molar-refractivity contribution in [2.45, 2.75) is 38.3 Å². The number of hydrogen-bond donors (Lipinski definition) is 1. The Morgan fingerprint density at radius 1 is 1.50 bits per heavy atom. The van der Waals surface area contributed by atoms with Gasteiger partial charge in [0.05, 0.1) is 18.1 Å². The second-order valence-electron chi connectivity index (χ2n) is 5.50. The number of nitrogens with zero attached hydrogens (tertiary/aromatic N) is 1. The van der Waals surface area contributed by atoms with Gasteiger partial charge in [0.15, 0.2) is 0 Å². The zero-order valence-electron chi connectivity index (χ0n) is 11.3. The third kappa shape index (κ3) is 2.03. The maximum Gasteiger partial charge on any atom is 0.329 e. The van der Waals surface area contributed by atoms with Gasteiger partial charge >= 0.3 is 5.97 Å². The molecule has 1 N–H and O–H groups in total. The van der Waals surface area contributed by atoms with Crippen molar-refractivity contribution in [2.24, 2.45) is 0 Å². The number of likely N-dealkylation sites (tertiary alicyclic amines) is 1. The molecule has 1 amide bonds. The second kappa shape index (κ2) is 4.86. The molecule has 0 spiro atoms. The number of carbonyl (C=O) groups is 2. The summed E-state index contributed by atoms with van der Waals surface area (Å²) in [6.45, 7) is 3.39. The topological polar surface area (TPSA) is 66.8 Å². The fourth-order valence-corrected chi connectivity index (χ4v) is 4.00. The fourth-order valence-electron chi connectivity index (χ4n) is 2.90. The van der Waals surface area contributed by atoms with Crippen LogP contribution in [-0.2, 0) is 22.6 Å². The van der Waals surface area contributed by atoms with Gasteiger partial charge < -0.3 is 14.7 Å². The molecule has 1 fully saturated rings. The number of carboxylic acids is 1. The van der Waals surface area contributed by atoms with Gasteiger partial charge in [-0.1, -0.05) is 0 Å². The van der Waals surface area contributed by atoms with Crippen LogP contribution in [0.5, 0.6) is 0 Å². The lowest BCUT2D eigenvalue weighted by atomic mass is 9.99. The maximum absolute atomic E-state index is 12.6. The third-order valence-corrected chi connectivity index (χ3v) is 5.41. The molecule has 6 heteroatoms. The van der Waals surface area contributed by atoms with Gasteiger partial charge in [-0.15, -0.1) is 11.3 Å². The van der Waals surface area contributed by atoms with Crippen LogP contribution in [0.1, 0.15) is 39.9 Å². The highest BCUT2D eigenvalue weighted by Gasteiger charge is 2.46. The minimum Gasteiger partial charge on any atom is -0.480 e. The lowest BCUT2D eigenvalue weighted by molar-refractivity contribution is -0.147. The van der Waals surface area contributed by atoms with E-state index >= 15 is 0 Å². The highest BCUT2D eigenvalue weighted by atomic mass is 32.1. The van der Waals surface area contributed by atoms with E-state index in [-0.39, 0.29) is 5.91 Å². The van der Waals surface area contributed by atoms with E-state index in [0.29, 0.717) is 31.1 Å². The molecule has 1 atom stereocenters. The molecule has 3 heterocycles. The lowest BCUT2D eigenvalue weighted by Gasteiger charge is -2.30. The molecular weight excluding hydrogens is 278 g/mol. The fraction of sp³-hybridized carbons (Fsp3) is 0.571. The number of amides is 1. The number of rotatable bonds is 2. The Morgan fingerprint density at radius 2 is 2.30 bits per heavy atom. The Labute approximate surface area is 121 Å². The van der Waals surface area contributed by atoms with E-state index in [2.05, 4.69) is 0 Å². The number of carboxylic acid groups (broad SMARTS) is 1. The molecule has 0 aromatic carbocycles. The normalized spacial score (nSPS) is 25.6. The Morgan fingerprint density at radius 3 is 3.00 bits per heavy atom. The van der Waals surface area contributed by atoms with E-state index in [1.54, 1.807) is 6.92 Å². The Kier molecular flexibility index (Phi) is 3.30. The maximum atomic E-state index is 12.6. The molecule has 0 saturated carbocycles. The number of ether oxygens (including phenoxy) is 1. The molecule has 0 radical (unpaired) electrons. The predicted molar refractivity (Wildman–Crippen MR) is 74.0 cm³/mol. The number of thiophene rings is 1. The van der Waals surface area contributed by atoms with Crippen LogP contribution in [0.4, 0.5) is 0 Å². The lowest BCUT2D eigenvalue weighted by Crippen LogP contribution is -2.50. The summed E-state index contributed by atoms with van der Waals surface area (Å²) in [7, 11) is 0. The van der Waals surface area contributed by atoms with E-state index in [1.807, 2.05) is 6.07 Å². The first kappa shape index (κ1) is 13.6. The summed E-state index contributed by atoms with van der Waals surface area (Å²) in [6, 6.07) is 1.86. The zero-order chi connectivity index (χ0) is 14.3. The van der Waals surface area contributed by atoms with Gasteiger partial charge in [-0.2, -0.15) is 0 Å². The highest BCUT2D eigenvalue weighted by molar-refractivity contribution is 7.14. The Balaban J connectivity index is 1.89. The molecule has 3 rings (SSSR count). The van der Waals surface area contributed by atoms with Crippen LogP contribution >= 0.6 is 11.3 Å². The van der Waals surface area contributed by atoms with Crippen LogP contribution in [-0.4, -0.2) is 40.6 Å². The summed E-state index contributed by atoms with van der Waals surface area (Å²) in [5.74, 6) is -1.08. The van der Waals surface area contributed by atoms with Crippen molar-refractivity contribution in [1.29, 1.82) is 0 Å².